The Morgan fingerprint density at radius 3 is 2.62 bits per heavy atom. The molecule has 1 aliphatic rings. The van der Waals surface area contributed by atoms with E-state index in [0.29, 0.717) is 0 Å². The number of anilines is 1. The molecule has 0 aromatic heterocycles. The van der Waals surface area contributed by atoms with Crippen LogP contribution < -0.4 is 4.90 Å². The molecule has 0 saturated carbocycles. The highest BCUT2D eigenvalue weighted by Gasteiger charge is 2.10. The van der Waals surface area contributed by atoms with Crippen molar-refractivity contribution in [1.29, 1.82) is 0 Å². The first kappa shape index (κ1) is 8.82. The zero-order chi connectivity index (χ0) is 9.26. The summed E-state index contributed by atoms with van der Waals surface area (Å²) in [6.45, 7) is 4.18. The quantitative estimate of drug-likeness (QED) is 0.679. The maximum Gasteiger partial charge on any atom is 0.0518 e. The van der Waals surface area contributed by atoms with Gasteiger partial charge in [-0.1, -0.05) is 18.2 Å². The van der Waals surface area contributed by atoms with E-state index >= 15 is 0 Å². The Bertz CT molecular complexity index is 336. The predicted molar refractivity (Wildman–Crippen MR) is 60.2 cm³/mol. The van der Waals surface area contributed by atoms with Crippen LogP contribution in [-0.4, -0.2) is 13.1 Å². The van der Waals surface area contributed by atoms with Crippen molar-refractivity contribution < 1.29 is 0 Å². The number of nitrogens with zero attached hydrogens (tertiary/aromatic N) is 1. The molecule has 0 radical (unpaired) electrons. The Morgan fingerprint density at radius 1 is 1.23 bits per heavy atom. The highest BCUT2D eigenvalue weighted by atomic mass is 79.9. The average Bonchev–Trinajstić information content (AvgIpc) is 2.61. The van der Waals surface area contributed by atoms with E-state index in [1.807, 2.05) is 0 Å². The first-order chi connectivity index (χ1) is 6.27. The van der Waals surface area contributed by atoms with Crippen LogP contribution in [0.3, 0.4) is 0 Å². The van der Waals surface area contributed by atoms with Crippen molar-refractivity contribution in [1.82, 2.24) is 0 Å². The molecule has 1 aromatic rings. The lowest BCUT2D eigenvalue weighted by atomic mass is 10.2. The van der Waals surface area contributed by atoms with Gasteiger partial charge in [0.05, 0.1) is 5.69 Å². The minimum Gasteiger partial charge on any atom is -0.363 e. The summed E-state index contributed by atoms with van der Waals surface area (Å²) in [6.07, 6.45) is 4.41. The van der Waals surface area contributed by atoms with Gasteiger partial charge in [0.2, 0.25) is 0 Å². The summed E-state index contributed by atoms with van der Waals surface area (Å²) in [5.74, 6) is 0. The summed E-state index contributed by atoms with van der Waals surface area (Å²) in [5.41, 5.74) is 2.61. The van der Waals surface area contributed by atoms with Gasteiger partial charge in [0.1, 0.15) is 0 Å². The standard InChI is InChI=1S/C11H12BrN/c1-9-4-5-10(12)11(8-9)13-6-2-3-7-13/h2-5,8H,6-7H2,1H3. The monoisotopic (exact) mass is 237 g/mol. The SMILES string of the molecule is Cc1ccc(Br)c(N2CC=CC2)c1. The molecular formula is C11H12BrN. The summed E-state index contributed by atoms with van der Waals surface area (Å²) in [4.78, 5) is 2.34. The van der Waals surface area contributed by atoms with Gasteiger partial charge in [-0.05, 0) is 40.5 Å². The molecule has 0 saturated heterocycles. The highest BCUT2D eigenvalue weighted by Crippen LogP contribution is 2.28. The third-order valence-corrected chi connectivity index (χ3v) is 2.93. The summed E-state index contributed by atoms with van der Waals surface area (Å²) in [6, 6.07) is 6.46. The molecule has 0 N–H and O–H groups in total. The van der Waals surface area contributed by atoms with Gasteiger partial charge in [-0.3, -0.25) is 0 Å². The highest BCUT2D eigenvalue weighted by molar-refractivity contribution is 9.10. The van der Waals surface area contributed by atoms with Crippen molar-refractivity contribution in [2.45, 2.75) is 6.92 Å². The van der Waals surface area contributed by atoms with Gasteiger partial charge < -0.3 is 4.90 Å². The lowest BCUT2D eigenvalue weighted by Crippen LogP contribution is -2.18. The Labute approximate surface area is 87.2 Å². The molecule has 2 heteroatoms. The first-order valence-corrected chi connectivity index (χ1v) is 5.23. The minimum atomic E-state index is 1.03. The Hall–Kier alpha value is -0.760. The van der Waals surface area contributed by atoms with Crippen molar-refractivity contribution >= 4 is 21.6 Å². The van der Waals surface area contributed by atoms with E-state index in [1.54, 1.807) is 0 Å². The van der Waals surface area contributed by atoms with E-state index in [2.05, 4.69) is 58.1 Å². The summed E-state index contributed by atoms with van der Waals surface area (Å²) in [5, 5.41) is 0. The maximum atomic E-state index is 3.57. The van der Waals surface area contributed by atoms with Crippen molar-refractivity contribution in [2.24, 2.45) is 0 Å². The van der Waals surface area contributed by atoms with Crippen molar-refractivity contribution in [3.63, 3.8) is 0 Å². The minimum absolute atomic E-state index is 1.03. The normalized spacial score (nSPS) is 15.4. The van der Waals surface area contributed by atoms with E-state index in [9.17, 15) is 0 Å². The molecule has 0 fully saturated rings. The van der Waals surface area contributed by atoms with Crippen LogP contribution in [0.25, 0.3) is 0 Å². The van der Waals surface area contributed by atoms with Gasteiger partial charge in [0.25, 0.3) is 0 Å². The average molecular weight is 238 g/mol. The molecule has 1 aromatic carbocycles. The maximum absolute atomic E-state index is 3.57. The third kappa shape index (κ3) is 1.78. The topological polar surface area (TPSA) is 3.24 Å². The fourth-order valence-corrected chi connectivity index (χ4v) is 2.04. The van der Waals surface area contributed by atoms with Crippen LogP contribution in [0.15, 0.2) is 34.8 Å². The van der Waals surface area contributed by atoms with E-state index < -0.39 is 0 Å². The van der Waals surface area contributed by atoms with Crippen molar-refractivity contribution in [2.75, 3.05) is 18.0 Å². The Morgan fingerprint density at radius 2 is 1.92 bits per heavy atom. The molecule has 13 heavy (non-hydrogen) atoms. The number of benzene rings is 1. The first-order valence-electron chi connectivity index (χ1n) is 4.43. The lowest BCUT2D eigenvalue weighted by Gasteiger charge is -2.19. The van der Waals surface area contributed by atoms with Crippen LogP contribution in [0.1, 0.15) is 5.56 Å². The molecule has 1 heterocycles. The zero-order valence-electron chi connectivity index (χ0n) is 7.63. The van der Waals surface area contributed by atoms with E-state index in [1.165, 1.54) is 15.7 Å². The van der Waals surface area contributed by atoms with Crippen LogP contribution in [0.5, 0.6) is 0 Å². The molecule has 0 aliphatic carbocycles. The second kappa shape index (κ2) is 3.54. The molecule has 0 bridgehead atoms. The van der Waals surface area contributed by atoms with Crippen LogP contribution in [0.4, 0.5) is 5.69 Å². The van der Waals surface area contributed by atoms with Crippen LogP contribution in [-0.2, 0) is 0 Å². The summed E-state index contributed by atoms with van der Waals surface area (Å²) < 4.78 is 1.18. The zero-order valence-corrected chi connectivity index (χ0v) is 9.21. The second-order valence-corrected chi connectivity index (χ2v) is 4.19. The number of halogens is 1. The molecule has 0 spiro atoms. The van der Waals surface area contributed by atoms with Gasteiger partial charge in [-0.15, -0.1) is 0 Å². The fraction of sp³-hybridized carbons (Fsp3) is 0.273. The number of hydrogen-bond donors (Lipinski definition) is 0. The largest absolute Gasteiger partial charge is 0.363 e. The van der Waals surface area contributed by atoms with E-state index in [4.69, 9.17) is 0 Å². The number of hydrogen-bond acceptors (Lipinski definition) is 1. The van der Waals surface area contributed by atoms with Gasteiger partial charge in [-0.2, -0.15) is 0 Å². The summed E-state index contributed by atoms with van der Waals surface area (Å²) >= 11 is 3.57. The third-order valence-electron chi connectivity index (χ3n) is 2.26. The molecular weight excluding hydrogens is 226 g/mol. The van der Waals surface area contributed by atoms with Gasteiger partial charge in [0, 0.05) is 17.6 Å². The molecule has 0 atom stereocenters. The second-order valence-electron chi connectivity index (χ2n) is 3.33. The smallest absolute Gasteiger partial charge is 0.0518 e. The molecule has 2 rings (SSSR count). The van der Waals surface area contributed by atoms with Crippen LogP contribution in [0, 0.1) is 6.92 Å². The van der Waals surface area contributed by atoms with Crippen LogP contribution in [0.2, 0.25) is 0 Å². The summed E-state index contributed by atoms with van der Waals surface area (Å²) in [7, 11) is 0. The fourth-order valence-electron chi connectivity index (χ4n) is 1.54. The van der Waals surface area contributed by atoms with Crippen LogP contribution >= 0.6 is 15.9 Å². The van der Waals surface area contributed by atoms with Gasteiger partial charge in [0.15, 0.2) is 0 Å². The molecule has 0 unspecified atom stereocenters. The lowest BCUT2D eigenvalue weighted by molar-refractivity contribution is 1.00. The molecule has 68 valence electrons. The number of rotatable bonds is 1. The van der Waals surface area contributed by atoms with Gasteiger partial charge in [-0.25, -0.2) is 0 Å². The van der Waals surface area contributed by atoms with Gasteiger partial charge >= 0.3 is 0 Å². The Kier molecular flexibility index (Phi) is 2.40. The molecule has 1 nitrogen and oxygen atoms in total. The predicted octanol–water partition coefficient (Wildman–Crippen LogP) is 3.13. The van der Waals surface area contributed by atoms with Crippen molar-refractivity contribution in [3.8, 4) is 0 Å². The van der Waals surface area contributed by atoms with Crippen molar-refractivity contribution in [3.05, 3.63) is 40.4 Å². The Balaban J connectivity index is 2.33. The molecule has 0 amide bonds. The van der Waals surface area contributed by atoms with E-state index in [0.717, 1.165) is 13.1 Å². The number of aryl methyl sites for hydroxylation is 1. The van der Waals surface area contributed by atoms with E-state index in [-0.39, 0.29) is 0 Å². The molecule has 1 aliphatic heterocycles.